The molecule has 3 aromatic rings. The summed E-state index contributed by atoms with van der Waals surface area (Å²) in [5.74, 6) is -0.592. The Hall–Kier alpha value is -2.67. The highest BCUT2D eigenvalue weighted by atomic mass is 35.5. The molecular weight excluding hydrogens is 485 g/mol. The maximum absolute atomic E-state index is 13.2. The first-order valence-corrected chi connectivity index (χ1v) is 12.4. The van der Waals surface area contributed by atoms with Crippen LogP contribution in [0.5, 0.6) is 0 Å². The maximum Gasteiger partial charge on any atom is 0.253 e. The molecular formula is C27H31Cl2N3O3. The zero-order valence-electron chi connectivity index (χ0n) is 20.1. The van der Waals surface area contributed by atoms with E-state index in [0.717, 1.165) is 16.5 Å². The number of amides is 2. The van der Waals surface area contributed by atoms with Crippen molar-refractivity contribution >= 4 is 45.9 Å². The second kappa shape index (κ2) is 12.3. The molecule has 0 aliphatic carbocycles. The molecule has 0 radical (unpaired) electrons. The number of hydrogen-bond acceptors (Lipinski definition) is 4. The van der Waals surface area contributed by atoms with Crippen LogP contribution in [0, 0.1) is 11.8 Å². The quantitative estimate of drug-likeness (QED) is 0.352. The summed E-state index contributed by atoms with van der Waals surface area (Å²) >= 11 is 12.3. The lowest BCUT2D eigenvalue weighted by Crippen LogP contribution is -2.46. The van der Waals surface area contributed by atoms with Gasteiger partial charge in [0.2, 0.25) is 5.91 Å². The lowest BCUT2D eigenvalue weighted by molar-refractivity contribution is -0.126. The lowest BCUT2D eigenvalue weighted by atomic mass is 9.87. The number of carbonyl (C=O) groups excluding carboxylic acids is 2. The second-order valence-corrected chi connectivity index (χ2v) is 10.0. The fraction of sp³-hybridized carbons (Fsp3) is 0.370. The Kier molecular flexibility index (Phi) is 9.49. The number of nitrogens with one attached hydrogen (secondary N) is 2. The molecule has 3 N–H and O–H groups in total. The number of pyridine rings is 1. The Morgan fingerprint density at radius 2 is 1.77 bits per heavy atom. The molecule has 186 valence electrons. The van der Waals surface area contributed by atoms with Crippen LogP contribution in [0.2, 0.25) is 10.0 Å². The summed E-state index contributed by atoms with van der Waals surface area (Å²) in [6.45, 7) is 4.06. The largest absolute Gasteiger partial charge is 0.391 e. The molecule has 0 spiro atoms. The van der Waals surface area contributed by atoms with Crippen molar-refractivity contribution in [3.63, 3.8) is 0 Å². The van der Waals surface area contributed by atoms with E-state index < -0.39 is 12.1 Å². The predicted molar refractivity (Wildman–Crippen MR) is 141 cm³/mol. The molecule has 0 bridgehead atoms. The van der Waals surface area contributed by atoms with Gasteiger partial charge in [0.25, 0.3) is 5.91 Å². The average Bonchev–Trinajstić information content (AvgIpc) is 2.84. The third-order valence-electron chi connectivity index (χ3n) is 5.97. The van der Waals surface area contributed by atoms with E-state index >= 15 is 0 Å². The Balaban J connectivity index is 1.85. The topological polar surface area (TPSA) is 91.3 Å². The van der Waals surface area contributed by atoms with Crippen LogP contribution in [0.25, 0.3) is 10.9 Å². The standard InChI is InChI=1S/C27H31Cl2N3O3/c1-16(2)10-19(26(34)30-3)14-25(33)24(12-17-8-9-21(28)22(29)11-17)32-27(35)20-13-18-6-4-5-7-23(18)31-15-20/h4-9,11,13,15-16,19,24-25,33H,10,12,14H2,1-3H3,(H,30,34)(H,32,35)/t19-,24+,25+/m1/s1. The van der Waals surface area contributed by atoms with Crippen LogP contribution >= 0.6 is 23.2 Å². The van der Waals surface area contributed by atoms with Crippen LogP contribution < -0.4 is 10.6 Å². The summed E-state index contributed by atoms with van der Waals surface area (Å²) < 4.78 is 0. The molecule has 0 aliphatic rings. The van der Waals surface area contributed by atoms with E-state index in [-0.39, 0.29) is 30.1 Å². The molecule has 0 fully saturated rings. The van der Waals surface area contributed by atoms with E-state index in [1.165, 1.54) is 6.20 Å². The number of halogens is 2. The van der Waals surface area contributed by atoms with Crippen molar-refractivity contribution < 1.29 is 14.7 Å². The number of nitrogens with zero attached hydrogens (tertiary/aromatic N) is 1. The zero-order valence-corrected chi connectivity index (χ0v) is 21.6. The van der Waals surface area contributed by atoms with E-state index in [1.54, 1.807) is 25.2 Å². The van der Waals surface area contributed by atoms with Gasteiger partial charge >= 0.3 is 0 Å². The van der Waals surface area contributed by atoms with E-state index in [9.17, 15) is 14.7 Å². The summed E-state index contributed by atoms with van der Waals surface area (Å²) in [6, 6.07) is 13.9. The number of aliphatic hydroxyl groups excluding tert-OH is 1. The van der Waals surface area contributed by atoms with Crippen LogP contribution in [0.1, 0.15) is 42.6 Å². The first-order valence-electron chi connectivity index (χ1n) is 11.7. The highest BCUT2D eigenvalue weighted by Crippen LogP contribution is 2.25. The predicted octanol–water partition coefficient (Wildman–Crippen LogP) is 5.04. The van der Waals surface area contributed by atoms with Crippen molar-refractivity contribution in [1.29, 1.82) is 0 Å². The molecule has 1 aromatic heterocycles. The molecule has 0 unspecified atom stereocenters. The van der Waals surface area contributed by atoms with Crippen molar-refractivity contribution in [2.45, 2.75) is 45.3 Å². The molecule has 35 heavy (non-hydrogen) atoms. The number of carbonyl (C=O) groups is 2. The van der Waals surface area contributed by atoms with Gasteiger partial charge in [-0.15, -0.1) is 0 Å². The van der Waals surface area contributed by atoms with Gasteiger partial charge in [-0.2, -0.15) is 0 Å². The molecule has 8 heteroatoms. The molecule has 0 saturated carbocycles. The van der Waals surface area contributed by atoms with Crippen LogP contribution in [0.3, 0.4) is 0 Å². The third kappa shape index (κ3) is 7.40. The van der Waals surface area contributed by atoms with Crippen LogP contribution in [0.15, 0.2) is 54.7 Å². The normalized spacial score (nSPS) is 13.9. The minimum atomic E-state index is -0.970. The van der Waals surface area contributed by atoms with Crippen molar-refractivity contribution in [2.24, 2.45) is 11.8 Å². The molecule has 2 amide bonds. The minimum Gasteiger partial charge on any atom is -0.391 e. The molecule has 0 aliphatic heterocycles. The van der Waals surface area contributed by atoms with Crippen LogP contribution in [0.4, 0.5) is 0 Å². The lowest BCUT2D eigenvalue weighted by Gasteiger charge is -2.28. The Labute approximate surface area is 216 Å². The highest BCUT2D eigenvalue weighted by molar-refractivity contribution is 6.42. The monoisotopic (exact) mass is 515 g/mol. The second-order valence-electron chi connectivity index (χ2n) is 9.19. The van der Waals surface area contributed by atoms with Gasteiger partial charge in [-0.3, -0.25) is 14.6 Å². The highest BCUT2D eigenvalue weighted by Gasteiger charge is 2.29. The Morgan fingerprint density at radius 1 is 1.03 bits per heavy atom. The number of aromatic nitrogens is 1. The minimum absolute atomic E-state index is 0.129. The SMILES string of the molecule is CNC(=O)[C@H](CC(C)C)C[C@H](O)[C@H](Cc1ccc(Cl)c(Cl)c1)NC(=O)c1cnc2ccccc2c1. The summed E-state index contributed by atoms with van der Waals surface area (Å²) in [6.07, 6.45) is 1.70. The summed E-state index contributed by atoms with van der Waals surface area (Å²) in [7, 11) is 1.59. The van der Waals surface area contributed by atoms with Crippen molar-refractivity contribution in [1.82, 2.24) is 15.6 Å². The molecule has 2 aromatic carbocycles. The van der Waals surface area contributed by atoms with E-state index in [2.05, 4.69) is 15.6 Å². The summed E-state index contributed by atoms with van der Waals surface area (Å²) in [5.41, 5.74) is 1.99. The first kappa shape index (κ1) is 26.9. The van der Waals surface area contributed by atoms with Crippen molar-refractivity contribution in [3.8, 4) is 0 Å². The first-order chi connectivity index (χ1) is 16.7. The smallest absolute Gasteiger partial charge is 0.253 e. The van der Waals surface area contributed by atoms with Crippen molar-refractivity contribution in [2.75, 3.05) is 7.05 Å². The van der Waals surface area contributed by atoms with Gasteiger partial charge in [-0.05, 0) is 55.0 Å². The maximum atomic E-state index is 13.2. The number of hydrogen-bond donors (Lipinski definition) is 3. The number of rotatable bonds is 10. The summed E-state index contributed by atoms with van der Waals surface area (Å²) in [5, 5.41) is 18.5. The Bertz CT molecular complexity index is 1190. The fourth-order valence-corrected chi connectivity index (χ4v) is 4.51. The molecule has 3 atom stereocenters. The van der Waals surface area contributed by atoms with E-state index in [4.69, 9.17) is 23.2 Å². The van der Waals surface area contributed by atoms with Gasteiger partial charge < -0.3 is 15.7 Å². The summed E-state index contributed by atoms with van der Waals surface area (Å²) in [4.78, 5) is 30.0. The zero-order chi connectivity index (χ0) is 25.5. The van der Waals surface area contributed by atoms with E-state index in [0.29, 0.717) is 28.5 Å². The molecule has 1 heterocycles. The van der Waals surface area contributed by atoms with Gasteiger partial charge in [-0.25, -0.2) is 0 Å². The Morgan fingerprint density at radius 3 is 2.46 bits per heavy atom. The van der Waals surface area contributed by atoms with Gasteiger partial charge in [0, 0.05) is 24.5 Å². The van der Waals surface area contributed by atoms with Gasteiger partial charge in [0.15, 0.2) is 0 Å². The number of benzene rings is 2. The van der Waals surface area contributed by atoms with Crippen LogP contribution in [-0.4, -0.2) is 41.1 Å². The van der Waals surface area contributed by atoms with Gasteiger partial charge in [0.1, 0.15) is 0 Å². The average molecular weight is 516 g/mol. The molecule has 6 nitrogen and oxygen atoms in total. The van der Waals surface area contributed by atoms with Gasteiger partial charge in [0.05, 0.1) is 33.3 Å². The third-order valence-corrected chi connectivity index (χ3v) is 6.71. The van der Waals surface area contributed by atoms with Crippen molar-refractivity contribution in [3.05, 3.63) is 75.9 Å². The molecule has 0 saturated heterocycles. The number of para-hydroxylation sites is 1. The van der Waals surface area contributed by atoms with E-state index in [1.807, 2.05) is 44.2 Å². The number of aliphatic hydroxyl groups is 1. The number of fused-ring (bicyclic) bond motifs is 1. The fourth-order valence-electron chi connectivity index (χ4n) is 4.19. The molecule has 3 rings (SSSR count). The van der Waals surface area contributed by atoms with Crippen LogP contribution in [-0.2, 0) is 11.2 Å². The van der Waals surface area contributed by atoms with Gasteiger partial charge in [-0.1, -0.05) is 61.3 Å².